The molecule has 74 valence electrons. The van der Waals surface area contributed by atoms with E-state index in [1.165, 1.54) is 0 Å². The molecule has 0 saturated carbocycles. The monoisotopic (exact) mass is 182 g/mol. The Hall–Kier alpha value is -0.870. The molecule has 3 N–H and O–H groups in total. The van der Waals surface area contributed by atoms with Crippen LogP contribution in [-0.4, -0.2) is 16.3 Å². The van der Waals surface area contributed by atoms with Crippen LogP contribution >= 0.6 is 0 Å². The van der Waals surface area contributed by atoms with Crippen molar-refractivity contribution < 1.29 is 0 Å². The van der Waals surface area contributed by atoms with E-state index in [2.05, 4.69) is 24.4 Å². The number of hydrazine groups is 1. The Morgan fingerprint density at radius 3 is 3.08 bits per heavy atom. The molecule has 0 aromatic carbocycles. The highest BCUT2D eigenvalue weighted by Crippen LogP contribution is 2.08. The summed E-state index contributed by atoms with van der Waals surface area (Å²) in [7, 11) is 0. The van der Waals surface area contributed by atoms with Gasteiger partial charge < -0.3 is 0 Å². The minimum atomic E-state index is 0.486. The molecule has 13 heavy (non-hydrogen) atoms. The van der Waals surface area contributed by atoms with Gasteiger partial charge in [0, 0.05) is 25.2 Å². The van der Waals surface area contributed by atoms with Gasteiger partial charge in [0.25, 0.3) is 0 Å². The fraction of sp³-hybridized carbons (Fsp3) is 0.667. The fourth-order valence-electron chi connectivity index (χ4n) is 1.14. The van der Waals surface area contributed by atoms with Gasteiger partial charge in [0.15, 0.2) is 0 Å². The van der Waals surface area contributed by atoms with Gasteiger partial charge in [-0.25, -0.2) is 0 Å². The second kappa shape index (κ2) is 4.99. The molecular formula is C9H18N4. The maximum absolute atomic E-state index is 5.18. The lowest BCUT2D eigenvalue weighted by atomic mass is 10.3. The average Bonchev–Trinajstić information content (AvgIpc) is 2.62. The van der Waals surface area contributed by atoms with E-state index in [4.69, 9.17) is 5.84 Å². The molecule has 0 aliphatic rings. The van der Waals surface area contributed by atoms with E-state index in [1.807, 2.05) is 16.9 Å². The summed E-state index contributed by atoms with van der Waals surface area (Å²) in [6, 6.07) is 2.53. The Labute approximate surface area is 79.1 Å². The predicted octanol–water partition coefficient (Wildman–Crippen LogP) is 0.860. The van der Waals surface area contributed by atoms with Gasteiger partial charge in [-0.15, -0.1) is 0 Å². The smallest absolute Gasteiger partial charge is 0.0637 e. The van der Waals surface area contributed by atoms with Gasteiger partial charge in [-0.2, -0.15) is 5.10 Å². The Bertz CT molecular complexity index is 244. The molecule has 0 saturated heterocycles. The molecule has 1 heterocycles. The molecule has 0 aliphatic heterocycles. The van der Waals surface area contributed by atoms with Crippen LogP contribution in [0.1, 0.15) is 32.0 Å². The minimum Gasteiger partial charge on any atom is -0.271 e. The van der Waals surface area contributed by atoms with Crippen LogP contribution in [0.4, 0.5) is 0 Å². The zero-order chi connectivity index (χ0) is 9.68. The van der Waals surface area contributed by atoms with Crippen molar-refractivity contribution in [2.45, 2.75) is 32.7 Å². The van der Waals surface area contributed by atoms with Gasteiger partial charge in [0.2, 0.25) is 0 Å². The van der Waals surface area contributed by atoms with E-state index in [-0.39, 0.29) is 0 Å². The molecule has 0 fully saturated rings. The normalized spacial score (nSPS) is 13.2. The van der Waals surface area contributed by atoms with E-state index in [0.29, 0.717) is 6.04 Å². The second-order valence-electron chi connectivity index (χ2n) is 3.25. The van der Waals surface area contributed by atoms with Crippen molar-refractivity contribution in [1.29, 1.82) is 0 Å². The molecule has 0 radical (unpaired) electrons. The summed E-state index contributed by atoms with van der Waals surface area (Å²) in [6.45, 7) is 5.10. The van der Waals surface area contributed by atoms with Crippen LogP contribution < -0.4 is 11.3 Å². The summed E-state index contributed by atoms with van der Waals surface area (Å²) < 4.78 is 2.01. The molecule has 1 unspecified atom stereocenters. The SMILES string of the molecule is CCC(C)n1ccc(CCNN)n1. The Morgan fingerprint density at radius 2 is 2.46 bits per heavy atom. The average molecular weight is 182 g/mol. The van der Waals surface area contributed by atoms with Gasteiger partial charge in [0.1, 0.15) is 0 Å². The van der Waals surface area contributed by atoms with Crippen molar-refractivity contribution in [1.82, 2.24) is 15.2 Å². The predicted molar refractivity (Wildman–Crippen MR) is 53.1 cm³/mol. The topological polar surface area (TPSA) is 55.9 Å². The van der Waals surface area contributed by atoms with Gasteiger partial charge in [0.05, 0.1) is 5.69 Å². The molecule has 1 rings (SSSR count). The standard InChI is InChI=1S/C9H18N4/c1-3-8(2)13-7-5-9(12-13)4-6-11-10/h5,7-8,11H,3-4,6,10H2,1-2H3. The van der Waals surface area contributed by atoms with Crippen LogP contribution in [0.5, 0.6) is 0 Å². The van der Waals surface area contributed by atoms with Crippen molar-refractivity contribution in [3.63, 3.8) is 0 Å². The first-order valence-electron chi connectivity index (χ1n) is 4.75. The van der Waals surface area contributed by atoms with Crippen molar-refractivity contribution in [2.75, 3.05) is 6.54 Å². The van der Waals surface area contributed by atoms with Crippen molar-refractivity contribution in [2.24, 2.45) is 5.84 Å². The number of nitrogens with one attached hydrogen (secondary N) is 1. The zero-order valence-electron chi connectivity index (χ0n) is 8.33. The zero-order valence-corrected chi connectivity index (χ0v) is 8.33. The van der Waals surface area contributed by atoms with Crippen molar-refractivity contribution in [3.8, 4) is 0 Å². The lowest BCUT2D eigenvalue weighted by molar-refractivity contribution is 0.473. The Morgan fingerprint density at radius 1 is 1.69 bits per heavy atom. The molecule has 0 spiro atoms. The van der Waals surface area contributed by atoms with Crippen LogP contribution in [0.3, 0.4) is 0 Å². The highest BCUT2D eigenvalue weighted by Gasteiger charge is 2.03. The number of nitrogens with zero attached hydrogens (tertiary/aromatic N) is 2. The van der Waals surface area contributed by atoms with Crippen LogP contribution in [0.2, 0.25) is 0 Å². The summed E-state index contributed by atoms with van der Waals surface area (Å²) in [4.78, 5) is 0. The highest BCUT2D eigenvalue weighted by molar-refractivity contribution is 5.00. The molecule has 0 aliphatic carbocycles. The third kappa shape index (κ3) is 2.82. The third-order valence-corrected chi connectivity index (χ3v) is 2.23. The first kappa shape index (κ1) is 10.2. The number of hydrogen-bond acceptors (Lipinski definition) is 3. The molecular weight excluding hydrogens is 164 g/mol. The molecule has 0 bridgehead atoms. The van der Waals surface area contributed by atoms with E-state index < -0.39 is 0 Å². The summed E-state index contributed by atoms with van der Waals surface area (Å²) in [6.07, 6.45) is 4.02. The lowest BCUT2D eigenvalue weighted by Gasteiger charge is -2.07. The Kier molecular flexibility index (Phi) is 3.92. The van der Waals surface area contributed by atoms with Gasteiger partial charge >= 0.3 is 0 Å². The first-order chi connectivity index (χ1) is 6.27. The van der Waals surface area contributed by atoms with Crippen LogP contribution in [-0.2, 0) is 6.42 Å². The minimum absolute atomic E-state index is 0.486. The van der Waals surface area contributed by atoms with E-state index in [1.54, 1.807) is 0 Å². The fourth-order valence-corrected chi connectivity index (χ4v) is 1.14. The van der Waals surface area contributed by atoms with Gasteiger partial charge in [-0.3, -0.25) is 16.0 Å². The summed E-state index contributed by atoms with van der Waals surface area (Å²) in [5, 5.41) is 4.44. The Balaban J connectivity index is 2.53. The molecule has 4 nitrogen and oxygen atoms in total. The molecule has 4 heteroatoms. The van der Waals surface area contributed by atoms with E-state index in [0.717, 1.165) is 25.1 Å². The van der Waals surface area contributed by atoms with Crippen molar-refractivity contribution in [3.05, 3.63) is 18.0 Å². The summed E-state index contributed by atoms with van der Waals surface area (Å²) in [5.74, 6) is 5.18. The molecule has 1 aromatic heterocycles. The lowest BCUT2D eigenvalue weighted by Crippen LogP contribution is -2.24. The second-order valence-corrected chi connectivity index (χ2v) is 3.25. The quantitative estimate of drug-likeness (QED) is 0.524. The molecule has 1 atom stereocenters. The van der Waals surface area contributed by atoms with E-state index in [9.17, 15) is 0 Å². The first-order valence-corrected chi connectivity index (χ1v) is 4.75. The summed E-state index contributed by atoms with van der Waals surface area (Å²) in [5.41, 5.74) is 3.71. The van der Waals surface area contributed by atoms with Crippen molar-refractivity contribution >= 4 is 0 Å². The van der Waals surface area contributed by atoms with Crippen LogP contribution in [0.15, 0.2) is 12.3 Å². The number of rotatable bonds is 5. The maximum atomic E-state index is 5.18. The molecule has 0 amide bonds. The summed E-state index contributed by atoms with van der Waals surface area (Å²) >= 11 is 0. The van der Waals surface area contributed by atoms with E-state index >= 15 is 0 Å². The van der Waals surface area contributed by atoms with Gasteiger partial charge in [-0.05, 0) is 19.4 Å². The number of hydrogen-bond donors (Lipinski definition) is 2. The largest absolute Gasteiger partial charge is 0.271 e. The van der Waals surface area contributed by atoms with Crippen LogP contribution in [0, 0.1) is 0 Å². The maximum Gasteiger partial charge on any atom is 0.0637 e. The molecule has 1 aromatic rings. The number of aromatic nitrogens is 2. The third-order valence-electron chi connectivity index (χ3n) is 2.23. The number of nitrogens with two attached hydrogens (primary N) is 1. The van der Waals surface area contributed by atoms with Crippen LogP contribution in [0.25, 0.3) is 0 Å². The van der Waals surface area contributed by atoms with Gasteiger partial charge in [-0.1, -0.05) is 6.92 Å². The highest BCUT2D eigenvalue weighted by atomic mass is 15.3.